The highest BCUT2D eigenvalue weighted by Crippen LogP contribution is 2.43. The molecule has 1 aliphatic carbocycles. The number of allylic oxidation sites excluding steroid dienone is 2. The van der Waals surface area contributed by atoms with Gasteiger partial charge in [0, 0.05) is 45.0 Å². The summed E-state index contributed by atoms with van der Waals surface area (Å²) >= 11 is 0. The summed E-state index contributed by atoms with van der Waals surface area (Å²) < 4.78 is 5.74. The number of hydrogen-bond donors (Lipinski definition) is 2. The summed E-state index contributed by atoms with van der Waals surface area (Å²) in [4.78, 5) is 14.8. The molecule has 2 saturated heterocycles. The zero-order chi connectivity index (χ0) is 20.5. The zero-order valence-corrected chi connectivity index (χ0v) is 17.9. The van der Waals surface area contributed by atoms with E-state index in [1.54, 1.807) is 0 Å². The van der Waals surface area contributed by atoms with Crippen LogP contribution in [-0.2, 0) is 10.3 Å². The van der Waals surface area contributed by atoms with E-state index in [4.69, 9.17) is 10.5 Å². The third kappa shape index (κ3) is 4.14. The highest BCUT2D eigenvalue weighted by Gasteiger charge is 2.41. The van der Waals surface area contributed by atoms with Crippen LogP contribution in [0.3, 0.4) is 0 Å². The van der Waals surface area contributed by atoms with E-state index in [1.807, 2.05) is 6.07 Å². The molecule has 0 bridgehead atoms. The summed E-state index contributed by atoms with van der Waals surface area (Å²) in [5.74, 6) is -0.333. The van der Waals surface area contributed by atoms with E-state index < -0.39 is 0 Å². The van der Waals surface area contributed by atoms with Crippen molar-refractivity contribution in [3.05, 3.63) is 41.0 Å². The lowest BCUT2D eigenvalue weighted by molar-refractivity contribution is -0.0373. The Morgan fingerprint density at radius 2 is 1.86 bits per heavy atom. The fraction of sp³-hybridized carbons (Fsp3) is 0.625. The third-order valence-electron chi connectivity index (χ3n) is 7.18. The molecule has 4 rings (SSSR count). The standard InChI is InChI=1S/C24H35N3O2/c1-23(2)7-5-18(6-8-23)21-17-19(3-4-20(21)22(25)28)24(9-15-29-16-10-24)27-13-11-26-12-14-27/h3-5,17,26H,6-16H2,1-2H3,(H2,25,28). The molecule has 29 heavy (non-hydrogen) atoms. The van der Waals surface area contributed by atoms with Crippen LogP contribution >= 0.6 is 0 Å². The predicted molar refractivity (Wildman–Crippen MR) is 117 cm³/mol. The number of nitrogens with zero attached hydrogens (tertiary/aromatic N) is 1. The Morgan fingerprint density at radius 3 is 2.48 bits per heavy atom. The average Bonchev–Trinajstić information content (AvgIpc) is 2.74. The second-order valence-corrected chi connectivity index (χ2v) is 9.60. The largest absolute Gasteiger partial charge is 0.381 e. The Bertz CT molecular complexity index is 787. The van der Waals surface area contributed by atoms with Gasteiger partial charge >= 0.3 is 0 Å². The lowest BCUT2D eigenvalue weighted by Gasteiger charge is -2.48. The van der Waals surface area contributed by atoms with Crippen molar-refractivity contribution in [3.63, 3.8) is 0 Å². The van der Waals surface area contributed by atoms with E-state index in [9.17, 15) is 4.79 Å². The molecule has 0 saturated carbocycles. The molecule has 3 aliphatic rings. The van der Waals surface area contributed by atoms with E-state index in [0.29, 0.717) is 11.0 Å². The van der Waals surface area contributed by atoms with Crippen LogP contribution < -0.4 is 11.1 Å². The topological polar surface area (TPSA) is 67.6 Å². The van der Waals surface area contributed by atoms with Gasteiger partial charge in [-0.2, -0.15) is 0 Å². The van der Waals surface area contributed by atoms with Gasteiger partial charge in [-0.05, 0) is 66.4 Å². The average molecular weight is 398 g/mol. The molecule has 2 heterocycles. The van der Waals surface area contributed by atoms with Crippen molar-refractivity contribution in [1.29, 1.82) is 0 Å². The van der Waals surface area contributed by atoms with Crippen LogP contribution in [0.1, 0.15) is 67.4 Å². The summed E-state index contributed by atoms with van der Waals surface area (Å²) in [6, 6.07) is 6.38. The quantitative estimate of drug-likeness (QED) is 0.818. The van der Waals surface area contributed by atoms with Gasteiger partial charge in [0.05, 0.1) is 5.54 Å². The third-order valence-corrected chi connectivity index (χ3v) is 7.18. The summed E-state index contributed by atoms with van der Waals surface area (Å²) in [5.41, 5.74) is 10.4. The fourth-order valence-electron chi connectivity index (χ4n) is 5.22. The highest BCUT2D eigenvalue weighted by molar-refractivity contribution is 5.98. The highest BCUT2D eigenvalue weighted by atomic mass is 16.5. The molecule has 1 aromatic carbocycles. The molecule has 2 aliphatic heterocycles. The molecule has 1 amide bonds. The van der Waals surface area contributed by atoms with Crippen molar-refractivity contribution in [2.75, 3.05) is 39.4 Å². The second kappa shape index (κ2) is 8.21. The molecule has 0 aromatic heterocycles. The molecule has 0 spiro atoms. The smallest absolute Gasteiger partial charge is 0.249 e. The van der Waals surface area contributed by atoms with E-state index in [1.165, 1.54) is 11.1 Å². The maximum Gasteiger partial charge on any atom is 0.249 e. The van der Waals surface area contributed by atoms with Crippen molar-refractivity contribution in [2.24, 2.45) is 11.1 Å². The Labute approximate surface area is 174 Å². The number of carbonyl (C=O) groups is 1. The number of nitrogens with two attached hydrogens (primary N) is 1. The SMILES string of the molecule is CC1(C)CC=C(c2cc(C3(N4CCNCC4)CCOCC3)ccc2C(N)=O)CC1. The number of amides is 1. The molecule has 0 atom stereocenters. The maximum absolute atomic E-state index is 12.2. The Balaban J connectivity index is 1.76. The molecule has 2 fully saturated rings. The molecule has 5 heteroatoms. The molecular formula is C24H35N3O2. The van der Waals surface area contributed by atoms with Gasteiger partial charge in [-0.25, -0.2) is 0 Å². The number of rotatable bonds is 4. The number of carbonyl (C=O) groups excluding carboxylic acids is 1. The van der Waals surface area contributed by atoms with Crippen LogP contribution in [0.25, 0.3) is 5.57 Å². The van der Waals surface area contributed by atoms with Crippen molar-refractivity contribution in [3.8, 4) is 0 Å². The monoisotopic (exact) mass is 397 g/mol. The maximum atomic E-state index is 12.2. The lowest BCUT2D eigenvalue weighted by atomic mass is 9.74. The summed E-state index contributed by atoms with van der Waals surface area (Å²) in [6.07, 6.45) is 7.50. The fourth-order valence-corrected chi connectivity index (χ4v) is 5.22. The van der Waals surface area contributed by atoms with Gasteiger partial charge in [0.25, 0.3) is 0 Å². The van der Waals surface area contributed by atoms with Gasteiger partial charge in [-0.1, -0.05) is 26.0 Å². The van der Waals surface area contributed by atoms with Gasteiger partial charge < -0.3 is 15.8 Å². The van der Waals surface area contributed by atoms with Gasteiger partial charge in [0.1, 0.15) is 0 Å². The summed E-state index contributed by atoms with van der Waals surface area (Å²) in [5, 5.41) is 3.47. The van der Waals surface area contributed by atoms with Crippen LogP contribution in [0.4, 0.5) is 0 Å². The molecule has 158 valence electrons. The lowest BCUT2D eigenvalue weighted by Crippen LogP contribution is -2.56. The molecule has 0 unspecified atom stereocenters. The van der Waals surface area contributed by atoms with Gasteiger partial charge in [0.15, 0.2) is 0 Å². The summed E-state index contributed by atoms with van der Waals surface area (Å²) in [7, 11) is 0. The number of ether oxygens (including phenoxy) is 1. The number of primary amides is 1. The summed E-state index contributed by atoms with van der Waals surface area (Å²) in [6.45, 7) is 10.3. The Kier molecular flexibility index (Phi) is 5.83. The molecular weight excluding hydrogens is 362 g/mol. The van der Waals surface area contributed by atoms with Crippen LogP contribution in [0.15, 0.2) is 24.3 Å². The van der Waals surface area contributed by atoms with Gasteiger partial charge in [-0.15, -0.1) is 0 Å². The second-order valence-electron chi connectivity index (χ2n) is 9.60. The Morgan fingerprint density at radius 1 is 1.14 bits per heavy atom. The van der Waals surface area contributed by atoms with E-state index >= 15 is 0 Å². The molecule has 3 N–H and O–H groups in total. The van der Waals surface area contributed by atoms with Crippen molar-refractivity contribution >= 4 is 11.5 Å². The van der Waals surface area contributed by atoms with Crippen LogP contribution in [0.5, 0.6) is 0 Å². The van der Waals surface area contributed by atoms with Crippen molar-refractivity contribution in [2.45, 2.75) is 51.5 Å². The van der Waals surface area contributed by atoms with Crippen LogP contribution in [-0.4, -0.2) is 50.2 Å². The van der Waals surface area contributed by atoms with Crippen LogP contribution in [0.2, 0.25) is 0 Å². The van der Waals surface area contributed by atoms with Crippen LogP contribution in [0, 0.1) is 5.41 Å². The molecule has 5 nitrogen and oxygen atoms in total. The first-order chi connectivity index (χ1) is 13.9. The van der Waals surface area contributed by atoms with Gasteiger partial charge in [-0.3, -0.25) is 9.69 Å². The minimum atomic E-state index is -0.333. The molecule has 0 radical (unpaired) electrons. The molecule has 1 aromatic rings. The van der Waals surface area contributed by atoms with Crippen molar-refractivity contribution < 1.29 is 9.53 Å². The minimum Gasteiger partial charge on any atom is -0.381 e. The van der Waals surface area contributed by atoms with Gasteiger partial charge in [0.2, 0.25) is 5.91 Å². The number of piperazine rings is 1. The normalized spacial score (nSPS) is 24.7. The van der Waals surface area contributed by atoms with E-state index in [2.05, 4.69) is 42.3 Å². The minimum absolute atomic E-state index is 0.0141. The first-order valence-electron chi connectivity index (χ1n) is 11.1. The van der Waals surface area contributed by atoms with Crippen molar-refractivity contribution in [1.82, 2.24) is 10.2 Å². The zero-order valence-electron chi connectivity index (χ0n) is 17.9. The first-order valence-corrected chi connectivity index (χ1v) is 11.1. The Hall–Kier alpha value is -1.69. The number of hydrogen-bond acceptors (Lipinski definition) is 4. The first kappa shape index (κ1) is 20.6. The van der Waals surface area contributed by atoms with E-state index in [-0.39, 0.29) is 11.4 Å². The van der Waals surface area contributed by atoms with E-state index in [0.717, 1.165) is 77.1 Å². The number of nitrogens with one attached hydrogen (secondary N) is 1. The predicted octanol–water partition coefficient (Wildman–Crippen LogP) is 3.29. The number of benzene rings is 1.